The Morgan fingerprint density at radius 1 is 1.16 bits per heavy atom. The summed E-state index contributed by atoms with van der Waals surface area (Å²) in [5.74, 6) is -1.74. The number of nitrogens with one attached hydrogen (secondary N) is 1. The molecule has 1 saturated heterocycles. The lowest BCUT2D eigenvalue weighted by atomic mass is 10.0. The van der Waals surface area contributed by atoms with Crippen LogP contribution in [-0.4, -0.2) is 55.0 Å². The van der Waals surface area contributed by atoms with Crippen LogP contribution in [0.4, 0.5) is 5.69 Å². The van der Waals surface area contributed by atoms with Gasteiger partial charge in [0.2, 0.25) is 0 Å². The van der Waals surface area contributed by atoms with Crippen molar-refractivity contribution in [2.75, 3.05) is 25.6 Å². The number of ether oxygens (including phenoxy) is 2. The first-order chi connectivity index (χ1) is 14.9. The molecule has 0 aromatic heterocycles. The molecule has 2 aliphatic heterocycles. The van der Waals surface area contributed by atoms with Gasteiger partial charge in [-0.3, -0.25) is 19.3 Å². The zero-order chi connectivity index (χ0) is 22.1. The molecule has 2 aromatic rings. The molecule has 1 fully saturated rings. The van der Waals surface area contributed by atoms with Gasteiger partial charge in [0.05, 0.1) is 36.4 Å². The third kappa shape index (κ3) is 3.82. The molecule has 8 nitrogen and oxygen atoms in total. The van der Waals surface area contributed by atoms with Crippen molar-refractivity contribution in [1.82, 2.24) is 4.90 Å². The van der Waals surface area contributed by atoms with Crippen LogP contribution < -0.4 is 5.32 Å². The first-order valence-electron chi connectivity index (χ1n) is 10.0. The number of fused-ring (bicyclic) bond motifs is 1. The van der Waals surface area contributed by atoms with Crippen LogP contribution in [-0.2, 0) is 9.47 Å². The lowest BCUT2D eigenvalue weighted by molar-refractivity contribution is 0.0475. The lowest BCUT2D eigenvalue weighted by Crippen LogP contribution is -2.36. The number of amides is 3. The first kappa shape index (κ1) is 20.7. The second-order valence-corrected chi connectivity index (χ2v) is 7.54. The minimum absolute atomic E-state index is 0.143. The summed E-state index contributed by atoms with van der Waals surface area (Å²) in [6, 6.07) is 9.36. The summed E-state index contributed by atoms with van der Waals surface area (Å²) in [4.78, 5) is 51.3. The summed E-state index contributed by atoms with van der Waals surface area (Å²) in [7, 11) is 1.29. The predicted octanol–water partition coefficient (Wildman–Crippen LogP) is 2.81. The van der Waals surface area contributed by atoms with Crippen LogP contribution in [0.2, 0.25) is 0 Å². The number of rotatable bonds is 5. The van der Waals surface area contributed by atoms with Crippen molar-refractivity contribution < 1.29 is 28.7 Å². The Hall–Kier alpha value is -3.52. The fourth-order valence-corrected chi connectivity index (χ4v) is 3.89. The van der Waals surface area contributed by atoms with Crippen LogP contribution in [0, 0.1) is 6.92 Å². The van der Waals surface area contributed by atoms with Crippen LogP contribution in [0.3, 0.4) is 0 Å². The lowest BCUT2D eigenvalue weighted by Gasteiger charge is -2.17. The van der Waals surface area contributed by atoms with Gasteiger partial charge in [-0.2, -0.15) is 0 Å². The number of esters is 1. The summed E-state index contributed by atoms with van der Waals surface area (Å²) >= 11 is 0. The summed E-state index contributed by atoms with van der Waals surface area (Å²) < 4.78 is 10.3. The van der Waals surface area contributed by atoms with E-state index < -0.39 is 17.8 Å². The average molecular weight is 422 g/mol. The average Bonchev–Trinajstić information content (AvgIpc) is 3.37. The molecule has 0 spiro atoms. The standard InChI is InChI=1S/C23H22N2O6/c1-13-16(23(29)30-2)6-3-7-19(13)24-20(26)14-8-9-17-18(11-14)22(28)25(21(17)27)12-15-5-4-10-31-15/h3,6-9,11,15H,4-5,10,12H2,1-2H3,(H,24,26). The number of methoxy groups -OCH3 is 1. The van der Waals surface area contributed by atoms with E-state index in [0.717, 1.165) is 12.8 Å². The molecule has 0 saturated carbocycles. The van der Waals surface area contributed by atoms with Crippen LogP contribution in [0.15, 0.2) is 36.4 Å². The number of anilines is 1. The molecule has 2 heterocycles. The van der Waals surface area contributed by atoms with Crippen molar-refractivity contribution in [3.8, 4) is 0 Å². The van der Waals surface area contributed by atoms with Gasteiger partial charge >= 0.3 is 5.97 Å². The van der Waals surface area contributed by atoms with Crippen LogP contribution >= 0.6 is 0 Å². The van der Waals surface area contributed by atoms with E-state index in [9.17, 15) is 19.2 Å². The molecule has 0 radical (unpaired) electrons. The van der Waals surface area contributed by atoms with Crippen LogP contribution in [0.25, 0.3) is 0 Å². The fraction of sp³-hybridized carbons (Fsp3) is 0.304. The molecule has 1 unspecified atom stereocenters. The molecule has 8 heteroatoms. The van der Waals surface area contributed by atoms with E-state index in [2.05, 4.69) is 5.32 Å². The first-order valence-corrected chi connectivity index (χ1v) is 10.0. The highest BCUT2D eigenvalue weighted by atomic mass is 16.5. The van der Waals surface area contributed by atoms with Gasteiger partial charge in [-0.1, -0.05) is 6.07 Å². The molecular weight excluding hydrogens is 400 g/mol. The minimum atomic E-state index is -0.499. The highest BCUT2D eigenvalue weighted by Gasteiger charge is 2.38. The fourth-order valence-electron chi connectivity index (χ4n) is 3.89. The summed E-state index contributed by atoms with van der Waals surface area (Å²) in [6.45, 7) is 2.55. The maximum Gasteiger partial charge on any atom is 0.338 e. The van der Waals surface area contributed by atoms with Crippen LogP contribution in [0.1, 0.15) is 59.8 Å². The van der Waals surface area contributed by atoms with Crippen molar-refractivity contribution >= 4 is 29.4 Å². The SMILES string of the molecule is COC(=O)c1cccc(NC(=O)c2ccc3c(c2)C(=O)N(CC2CCCO2)C3=O)c1C. The minimum Gasteiger partial charge on any atom is -0.465 e. The molecule has 2 aromatic carbocycles. The molecule has 0 bridgehead atoms. The van der Waals surface area contributed by atoms with Gasteiger partial charge in [0.25, 0.3) is 17.7 Å². The Morgan fingerprint density at radius 3 is 2.65 bits per heavy atom. The maximum absolute atomic E-state index is 12.8. The second-order valence-electron chi connectivity index (χ2n) is 7.54. The van der Waals surface area contributed by atoms with Crippen molar-refractivity contribution in [2.24, 2.45) is 0 Å². The summed E-state index contributed by atoms with van der Waals surface area (Å²) in [6.07, 6.45) is 1.58. The third-order valence-corrected chi connectivity index (χ3v) is 5.63. The Balaban J connectivity index is 1.55. The highest BCUT2D eigenvalue weighted by Crippen LogP contribution is 2.27. The van der Waals surface area contributed by atoms with Gasteiger partial charge in [-0.25, -0.2) is 4.79 Å². The van der Waals surface area contributed by atoms with E-state index in [0.29, 0.717) is 23.4 Å². The number of carbonyl (C=O) groups excluding carboxylic acids is 4. The zero-order valence-electron chi connectivity index (χ0n) is 17.3. The van der Waals surface area contributed by atoms with Gasteiger partial charge in [0.1, 0.15) is 0 Å². The van der Waals surface area contributed by atoms with E-state index in [1.54, 1.807) is 25.1 Å². The van der Waals surface area contributed by atoms with Gasteiger partial charge in [0, 0.05) is 17.9 Å². The molecule has 4 rings (SSSR count). The largest absolute Gasteiger partial charge is 0.465 e. The van der Waals surface area contributed by atoms with E-state index in [-0.39, 0.29) is 35.2 Å². The smallest absolute Gasteiger partial charge is 0.338 e. The van der Waals surface area contributed by atoms with Crippen molar-refractivity contribution in [3.05, 3.63) is 64.2 Å². The van der Waals surface area contributed by atoms with E-state index in [4.69, 9.17) is 9.47 Å². The third-order valence-electron chi connectivity index (χ3n) is 5.63. The Bertz CT molecular complexity index is 1090. The molecule has 3 amide bonds. The van der Waals surface area contributed by atoms with Gasteiger partial charge in [0.15, 0.2) is 0 Å². The molecule has 1 N–H and O–H groups in total. The maximum atomic E-state index is 12.8. The van der Waals surface area contributed by atoms with Crippen molar-refractivity contribution in [3.63, 3.8) is 0 Å². The van der Waals surface area contributed by atoms with Gasteiger partial charge in [-0.05, 0) is 55.7 Å². The highest BCUT2D eigenvalue weighted by molar-refractivity contribution is 6.22. The summed E-state index contributed by atoms with van der Waals surface area (Å²) in [5.41, 5.74) is 2.09. The Morgan fingerprint density at radius 2 is 1.94 bits per heavy atom. The summed E-state index contributed by atoms with van der Waals surface area (Å²) in [5, 5.41) is 2.76. The molecule has 1 atom stereocenters. The van der Waals surface area contributed by atoms with E-state index >= 15 is 0 Å². The molecule has 31 heavy (non-hydrogen) atoms. The molecule has 0 aliphatic carbocycles. The topological polar surface area (TPSA) is 102 Å². The zero-order valence-corrected chi connectivity index (χ0v) is 17.3. The number of nitrogens with zero attached hydrogens (tertiary/aromatic N) is 1. The molecule has 160 valence electrons. The monoisotopic (exact) mass is 422 g/mol. The van der Waals surface area contributed by atoms with Crippen molar-refractivity contribution in [1.29, 1.82) is 0 Å². The van der Waals surface area contributed by atoms with Gasteiger partial charge < -0.3 is 14.8 Å². The number of hydrogen-bond acceptors (Lipinski definition) is 6. The van der Waals surface area contributed by atoms with E-state index in [1.165, 1.54) is 30.2 Å². The number of benzene rings is 2. The van der Waals surface area contributed by atoms with Gasteiger partial charge in [-0.15, -0.1) is 0 Å². The Labute approximate surface area is 179 Å². The number of carbonyl (C=O) groups is 4. The Kier molecular flexibility index (Phi) is 5.56. The van der Waals surface area contributed by atoms with Crippen LogP contribution in [0.5, 0.6) is 0 Å². The number of imide groups is 1. The normalized spacial score (nSPS) is 17.6. The quantitative estimate of drug-likeness (QED) is 0.587. The number of hydrogen-bond donors (Lipinski definition) is 1. The predicted molar refractivity (Wildman–Crippen MR) is 111 cm³/mol. The molecular formula is C23H22N2O6. The molecule has 2 aliphatic rings. The second kappa shape index (κ2) is 8.31. The van der Waals surface area contributed by atoms with E-state index in [1.807, 2.05) is 0 Å². The van der Waals surface area contributed by atoms with Crippen molar-refractivity contribution in [2.45, 2.75) is 25.9 Å².